The Bertz CT molecular complexity index is 851. The van der Waals surface area contributed by atoms with E-state index in [1.807, 2.05) is 12.1 Å². The molecule has 0 saturated heterocycles. The van der Waals surface area contributed by atoms with E-state index in [0.717, 1.165) is 36.9 Å². The van der Waals surface area contributed by atoms with Gasteiger partial charge in [0, 0.05) is 37.2 Å². The minimum atomic E-state index is -0.500. The Balaban J connectivity index is 1.88. The van der Waals surface area contributed by atoms with Crippen molar-refractivity contribution in [3.63, 3.8) is 0 Å². The lowest BCUT2D eigenvalue weighted by Crippen LogP contribution is -2.18. The van der Waals surface area contributed by atoms with Gasteiger partial charge >= 0.3 is 0 Å². The van der Waals surface area contributed by atoms with Crippen molar-refractivity contribution in [1.29, 1.82) is 0 Å². The highest BCUT2D eigenvalue weighted by atomic mass is 16.6. The molecule has 7 nitrogen and oxygen atoms in total. The molecular weight excluding hydrogens is 346 g/mol. The number of methoxy groups -OCH3 is 1. The number of nitro benzene ring substituents is 1. The molecule has 0 spiro atoms. The molecule has 1 amide bonds. The molecular formula is C20H23N3O4. The molecule has 27 heavy (non-hydrogen) atoms. The topological polar surface area (TPSA) is 93.5 Å². The molecule has 3 rings (SSSR count). The quantitative estimate of drug-likeness (QED) is 0.440. The number of anilines is 2. The van der Waals surface area contributed by atoms with Gasteiger partial charge in [0.1, 0.15) is 0 Å². The van der Waals surface area contributed by atoms with Gasteiger partial charge in [-0.25, -0.2) is 0 Å². The van der Waals surface area contributed by atoms with Crippen LogP contribution in [0.1, 0.15) is 34.3 Å². The van der Waals surface area contributed by atoms with Gasteiger partial charge in [0.05, 0.1) is 17.1 Å². The van der Waals surface area contributed by atoms with E-state index in [2.05, 4.69) is 16.7 Å². The third-order valence-electron chi connectivity index (χ3n) is 4.72. The Kier molecular flexibility index (Phi) is 6.03. The van der Waals surface area contributed by atoms with Gasteiger partial charge in [-0.2, -0.15) is 0 Å². The van der Waals surface area contributed by atoms with E-state index < -0.39 is 4.92 Å². The van der Waals surface area contributed by atoms with Crippen LogP contribution in [0, 0.1) is 10.1 Å². The van der Waals surface area contributed by atoms with Crippen LogP contribution in [0.2, 0.25) is 0 Å². The molecule has 2 N–H and O–H groups in total. The largest absolute Gasteiger partial charge is 0.383 e. The molecule has 1 aliphatic rings. The van der Waals surface area contributed by atoms with E-state index in [0.29, 0.717) is 18.8 Å². The molecule has 2 aromatic carbocycles. The summed E-state index contributed by atoms with van der Waals surface area (Å²) < 4.78 is 5.01. The number of aryl methyl sites for hydroxylation is 1. The van der Waals surface area contributed by atoms with E-state index in [1.54, 1.807) is 13.2 Å². The number of hydrogen-bond donors (Lipinski definition) is 2. The predicted molar refractivity (Wildman–Crippen MR) is 104 cm³/mol. The molecule has 0 fully saturated rings. The van der Waals surface area contributed by atoms with Crippen molar-refractivity contribution in [3.05, 3.63) is 63.2 Å². The first-order valence-corrected chi connectivity index (χ1v) is 9.03. The third kappa shape index (κ3) is 4.43. The first-order chi connectivity index (χ1) is 13.1. The van der Waals surface area contributed by atoms with Crippen LogP contribution in [0.5, 0.6) is 0 Å². The second-order valence-electron chi connectivity index (χ2n) is 6.51. The van der Waals surface area contributed by atoms with E-state index in [9.17, 15) is 14.9 Å². The number of nitro groups is 1. The molecule has 2 aromatic rings. The lowest BCUT2D eigenvalue weighted by molar-refractivity contribution is -0.384. The number of hydrogen-bond acceptors (Lipinski definition) is 5. The fourth-order valence-electron chi connectivity index (χ4n) is 3.36. The molecule has 0 bridgehead atoms. The van der Waals surface area contributed by atoms with Crippen LogP contribution < -0.4 is 10.6 Å². The summed E-state index contributed by atoms with van der Waals surface area (Å²) in [4.78, 5) is 23.6. The molecule has 0 unspecified atom stereocenters. The maximum absolute atomic E-state index is 12.9. The monoisotopic (exact) mass is 369 g/mol. The molecule has 0 radical (unpaired) electrons. The number of non-ortho nitro benzene ring substituents is 1. The zero-order valence-corrected chi connectivity index (χ0v) is 15.3. The first kappa shape index (κ1) is 18.8. The van der Waals surface area contributed by atoms with Crippen LogP contribution >= 0.6 is 0 Å². The molecule has 142 valence electrons. The molecule has 0 aliphatic heterocycles. The summed E-state index contributed by atoms with van der Waals surface area (Å²) in [6.45, 7) is 0.958. The van der Waals surface area contributed by atoms with E-state index in [4.69, 9.17) is 4.74 Å². The maximum atomic E-state index is 12.9. The summed E-state index contributed by atoms with van der Waals surface area (Å²) in [7, 11) is 1.59. The number of benzene rings is 2. The van der Waals surface area contributed by atoms with Crippen molar-refractivity contribution in [2.45, 2.75) is 25.7 Å². The summed E-state index contributed by atoms with van der Waals surface area (Å²) in [6, 6.07) is 10.2. The molecule has 0 saturated carbocycles. The fourth-order valence-corrected chi connectivity index (χ4v) is 3.36. The number of carbonyl (C=O) groups excluding carboxylic acids is 1. The second-order valence-corrected chi connectivity index (χ2v) is 6.51. The van der Waals surface area contributed by atoms with Crippen molar-refractivity contribution < 1.29 is 14.5 Å². The fraction of sp³-hybridized carbons (Fsp3) is 0.350. The van der Waals surface area contributed by atoms with Crippen LogP contribution in [0.4, 0.5) is 17.1 Å². The standard InChI is InChI=1S/C20H23N3O4/c1-27-12-11-21-18-10-9-15(23(25)26)13-17(18)20(24)22-19-8-4-6-14-5-2-3-7-16(14)19/h4,6,8-10,13,21H,2-3,5,7,11-12H2,1H3,(H,22,24). The van der Waals surface area contributed by atoms with Crippen LogP contribution in [0.15, 0.2) is 36.4 Å². The Morgan fingerprint density at radius 3 is 2.78 bits per heavy atom. The summed E-state index contributed by atoms with van der Waals surface area (Å²) >= 11 is 0. The highest BCUT2D eigenvalue weighted by Gasteiger charge is 2.19. The lowest BCUT2D eigenvalue weighted by atomic mass is 9.90. The maximum Gasteiger partial charge on any atom is 0.270 e. The van der Waals surface area contributed by atoms with Gasteiger partial charge < -0.3 is 15.4 Å². The van der Waals surface area contributed by atoms with Gasteiger partial charge in [-0.05, 0) is 48.9 Å². The van der Waals surface area contributed by atoms with Crippen molar-refractivity contribution in [2.24, 2.45) is 0 Å². The predicted octanol–water partition coefficient (Wildman–Crippen LogP) is 3.78. The molecule has 1 aliphatic carbocycles. The minimum Gasteiger partial charge on any atom is -0.383 e. The van der Waals surface area contributed by atoms with Crippen LogP contribution in [-0.4, -0.2) is 31.1 Å². The lowest BCUT2D eigenvalue weighted by Gasteiger charge is -2.20. The van der Waals surface area contributed by atoms with Gasteiger partial charge in [0.15, 0.2) is 0 Å². The number of rotatable bonds is 7. The highest BCUT2D eigenvalue weighted by molar-refractivity contribution is 6.08. The number of fused-ring (bicyclic) bond motifs is 1. The Morgan fingerprint density at radius 1 is 1.19 bits per heavy atom. The second kappa shape index (κ2) is 8.64. The van der Waals surface area contributed by atoms with Crippen molar-refractivity contribution in [2.75, 3.05) is 30.9 Å². The normalized spacial score (nSPS) is 12.9. The Hall–Kier alpha value is -2.93. The van der Waals surface area contributed by atoms with Gasteiger partial charge in [0.25, 0.3) is 11.6 Å². The summed E-state index contributed by atoms with van der Waals surface area (Å²) in [5.41, 5.74) is 3.88. The van der Waals surface area contributed by atoms with E-state index in [-0.39, 0.29) is 17.2 Å². The molecule has 0 heterocycles. The number of carbonyl (C=O) groups is 1. The zero-order valence-electron chi connectivity index (χ0n) is 15.3. The van der Waals surface area contributed by atoms with Crippen molar-refractivity contribution in [1.82, 2.24) is 0 Å². The number of amides is 1. The van der Waals surface area contributed by atoms with Gasteiger partial charge in [-0.3, -0.25) is 14.9 Å². The number of ether oxygens (including phenoxy) is 1. The van der Waals surface area contributed by atoms with E-state index in [1.165, 1.54) is 17.7 Å². The Morgan fingerprint density at radius 2 is 2.00 bits per heavy atom. The highest BCUT2D eigenvalue weighted by Crippen LogP contribution is 2.29. The van der Waals surface area contributed by atoms with Crippen LogP contribution in [0.25, 0.3) is 0 Å². The van der Waals surface area contributed by atoms with Crippen LogP contribution in [-0.2, 0) is 17.6 Å². The number of nitrogens with zero attached hydrogens (tertiary/aromatic N) is 1. The SMILES string of the molecule is COCCNc1ccc([N+](=O)[O-])cc1C(=O)Nc1cccc2c1CCCC2. The van der Waals surface area contributed by atoms with Crippen LogP contribution in [0.3, 0.4) is 0 Å². The van der Waals surface area contributed by atoms with Gasteiger partial charge in [-0.15, -0.1) is 0 Å². The molecule has 0 atom stereocenters. The summed E-state index contributed by atoms with van der Waals surface area (Å²) in [6.07, 6.45) is 4.20. The van der Waals surface area contributed by atoms with Crippen molar-refractivity contribution in [3.8, 4) is 0 Å². The first-order valence-electron chi connectivity index (χ1n) is 9.03. The number of nitrogens with one attached hydrogen (secondary N) is 2. The molecule has 0 aromatic heterocycles. The summed E-state index contributed by atoms with van der Waals surface area (Å²) in [5.74, 6) is -0.363. The van der Waals surface area contributed by atoms with E-state index >= 15 is 0 Å². The van der Waals surface area contributed by atoms with Gasteiger partial charge in [0.2, 0.25) is 0 Å². The smallest absolute Gasteiger partial charge is 0.270 e. The third-order valence-corrected chi connectivity index (χ3v) is 4.72. The Labute approximate surface area is 157 Å². The summed E-state index contributed by atoms with van der Waals surface area (Å²) in [5, 5.41) is 17.2. The zero-order chi connectivity index (χ0) is 19.2. The molecule has 7 heteroatoms. The average molecular weight is 369 g/mol. The minimum absolute atomic E-state index is 0.118. The average Bonchev–Trinajstić information content (AvgIpc) is 2.68. The van der Waals surface area contributed by atoms with Gasteiger partial charge in [-0.1, -0.05) is 12.1 Å². The van der Waals surface area contributed by atoms with Crippen molar-refractivity contribution >= 4 is 23.0 Å².